The Morgan fingerprint density at radius 2 is 1.82 bits per heavy atom. The number of halogens is 3. The summed E-state index contributed by atoms with van der Waals surface area (Å²) in [5.74, 6) is -2.76. The second kappa shape index (κ2) is 7.66. The molecule has 1 spiro atoms. The molecule has 2 rings (SSSR count). The molecule has 1 amide bonds. The van der Waals surface area contributed by atoms with E-state index in [4.69, 9.17) is 14.6 Å². The number of piperidine rings is 1. The number of carbonyl (C=O) groups is 2. The van der Waals surface area contributed by atoms with E-state index < -0.39 is 12.1 Å². The first kappa shape index (κ1) is 18.5. The van der Waals surface area contributed by atoms with Crippen LogP contribution < -0.4 is 5.32 Å². The van der Waals surface area contributed by atoms with Crippen molar-refractivity contribution >= 4 is 12.1 Å². The van der Waals surface area contributed by atoms with Crippen LogP contribution in [0.2, 0.25) is 0 Å². The van der Waals surface area contributed by atoms with Crippen molar-refractivity contribution in [3.63, 3.8) is 0 Å². The summed E-state index contributed by atoms with van der Waals surface area (Å²) in [5, 5.41) is 10.5. The molecule has 0 aliphatic carbocycles. The number of nitrogens with one attached hydrogen (secondary N) is 1. The van der Waals surface area contributed by atoms with Crippen LogP contribution in [0.15, 0.2) is 0 Å². The number of hydrogen-bond acceptors (Lipinski definition) is 4. The van der Waals surface area contributed by atoms with Crippen LogP contribution in [0.5, 0.6) is 0 Å². The molecule has 0 unspecified atom stereocenters. The molecule has 0 bridgehead atoms. The van der Waals surface area contributed by atoms with Crippen LogP contribution in [-0.4, -0.2) is 61.0 Å². The fourth-order valence-electron chi connectivity index (χ4n) is 2.67. The third-order valence-electron chi connectivity index (χ3n) is 3.87. The topological polar surface area (TPSA) is 78.9 Å². The van der Waals surface area contributed by atoms with Gasteiger partial charge in [0.25, 0.3) is 0 Å². The molecule has 0 radical (unpaired) electrons. The Morgan fingerprint density at radius 1 is 1.27 bits per heavy atom. The van der Waals surface area contributed by atoms with Crippen molar-refractivity contribution in [2.24, 2.45) is 5.41 Å². The number of nitrogens with zero attached hydrogens (tertiary/aromatic N) is 1. The third-order valence-corrected chi connectivity index (χ3v) is 3.87. The summed E-state index contributed by atoms with van der Waals surface area (Å²) in [6, 6.07) is 0. The maximum Gasteiger partial charge on any atom is 0.490 e. The van der Waals surface area contributed by atoms with Gasteiger partial charge in [-0.3, -0.25) is 0 Å². The van der Waals surface area contributed by atoms with Crippen LogP contribution in [0.4, 0.5) is 18.0 Å². The Labute approximate surface area is 126 Å². The maximum absolute atomic E-state index is 11.6. The Bertz CT molecular complexity index is 395. The van der Waals surface area contributed by atoms with Crippen LogP contribution in [-0.2, 0) is 9.53 Å². The zero-order valence-corrected chi connectivity index (χ0v) is 12.4. The molecule has 2 aliphatic heterocycles. The van der Waals surface area contributed by atoms with Gasteiger partial charge in [-0.15, -0.1) is 0 Å². The Kier molecular flexibility index (Phi) is 6.46. The molecule has 0 atom stereocenters. The highest BCUT2D eigenvalue weighted by Gasteiger charge is 2.41. The highest BCUT2D eigenvalue weighted by atomic mass is 19.4. The standard InChI is InChI=1S/C11H20N2O2.C2HF3O2/c1-2-15-10(14)13-8-5-11(9-13)3-6-12-7-4-11;3-2(4,5)1(6)7/h12H,2-9H2,1H3;(H,6,7). The van der Waals surface area contributed by atoms with Crippen molar-refractivity contribution in [1.82, 2.24) is 10.2 Å². The number of carbonyl (C=O) groups excluding carboxylic acids is 1. The summed E-state index contributed by atoms with van der Waals surface area (Å²) in [5.41, 5.74) is 0.387. The Morgan fingerprint density at radius 3 is 2.27 bits per heavy atom. The van der Waals surface area contributed by atoms with Gasteiger partial charge in [0.2, 0.25) is 0 Å². The van der Waals surface area contributed by atoms with E-state index in [2.05, 4.69) is 5.32 Å². The average Bonchev–Trinajstić information content (AvgIpc) is 2.83. The number of amides is 1. The van der Waals surface area contributed by atoms with E-state index in [-0.39, 0.29) is 6.09 Å². The molecule has 6 nitrogen and oxygen atoms in total. The van der Waals surface area contributed by atoms with Crippen molar-refractivity contribution in [3.05, 3.63) is 0 Å². The lowest BCUT2D eigenvalue weighted by molar-refractivity contribution is -0.192. The van der Waals surface area contributed by atoms with E-state index in [1.165, 1.54) is 12.8 Å². The predicted molar refractivity (Wildman–Crippen MR) is 71.4 cm³/mol. The monoisotopic (exact) mass is 326 g/mol. The van der Waals surface area contributed by atoms with Gasteiger partial charge in [0.05, 0.1) is 6.61 Å². The molecule has 9 heteroatoms. The third kappa shape index (κ3) is 5.36. The predicted octanol–water partition coefficient (Wildman–Crippen LogP) is 1.85. The van der Waals surface area contributed by atoms with Crippen LogP contribution in [0.25, 0.3) is 0 Å². The summed E-state index contributed by atoms with van der Waals surface area (Å²) >= 11 is 0. The zero-order chi connectivity index (χ0) is 16.8. The van der Waals surface area contributed by atoms with Crippen molar-refractivity contribution in [1.29, 1.82) is 0 Å². The molecule has 2 aliphatic rings. The van der Waals surface area contributed by atoms with Crippen LogP contribution in [0.3, 0.4) is 0 Å². The molecule has 0 aromatic rings. The van der Waals surface area contributed by atoms with Crippen LogP contribution in [0, 0.1) is 5.41 Å². The molecule has 0 saturated carbocycles. The quantitative estimate of drug-likeness (QED) is 0.769. The van der Waals surface area contributed by atoms with E-state index in [1.807, 2.05) is 11.8 Å². The van der Waals surface area contributed by atoms with E-state index in [9.17, 15) is 18.0 Å². The van der Waals surface area contributed by atoms with Gasteiger partial charge < -0.3 is 20.1 Å². The molecule has 0 aromatic heterocycles. The number of alkyl halides is 3. The lowest BCUT2D eigenvalue weighted by atomic mass is 9.78. The van der Waals surface area contributed by atoms with Crippen molar-refractivity contribution in [2.45, 2.75) is 32.4 Å². The Balaban J connectivity index is 0.000000295. The van der Waals surface area contributed by atoms with Crippen molar-refractivity contribution in [2.75, 3.05) is 32.8 Å². The number of likely N-dealkylation sites (tertiary alicyclic amines) is 1. The summed E-state index contributed by atoms with van der Waals surface area (Å²) in [7, 11) is 0. The molecule has 22 heavy (non-hydrogen) atoms. The molecule has 0 aromatic carbocycles. The van der Waals surface area contributed by atoms with Crippen molar-refractivity contribution < 1.29 is 32.6 Å². The lowest BCUT2D eigenvalue weighted by Gasteiger charge is -2.33. The number of carboxylic acid groups (broad SMARTS) is 1. The first-order chi connectivity index (χ1) is 10.2. The van der Waals surface area contributed by atoms with Crippen LogP contribution >= 0.6 is 0 Å². The smallest absolute Gasteiger partial charge is 0.475 e. The lowest BCUT2D eigenvalue weighted by Crippen LogP contribution is -2.39. The minimum Gasteiger partial charge on any atom is -0.475 e. The number of aliphatic carboxylic acids is 1. The molecular weight excluding hydrogens is 305 g/mol. The molecule has 2 N–H and O–H groups in total. The minimum atomic E-state index is -5.08. The van der Waals surface area contributed by atoms with E-state index in [1.54, 1.807) is 0 Å². The molecule has 2 heterocycles. The summed E-state index contributed by atoms with van der Waals surface area (Å²) in [4.78, 5) is 22.3. The molecular formula is C13H21F3N2O4. The second-order valence-corrected chi connectivity index (χ2v) is 5.42. The van der Waals surface area contributed by atoms with Crippen LogP contribution in [0.1, 0.15) is 26.2 Å². The number of hydrogen-bond donors (Lipinski definition) is 2. The first-order valence-corrected chi connectivity index (χ1v) is 7.13. The van der Waals surface area contributed by atoms with Gasteiger partial charge in [0, 0.05) is 13.1 Å². The molecule has 2 fully saturated rings. The van der Waals surface area contributed by atoms with Gasteiger partial charge in [-0.2, -0.15) is 13.2 Å². The summed E-state index contributed by atoms with van der Waals surface area (Å²) in [6.45, 7) is 6.29. The van der Waals surface area contributed by atoms with Crippen molar-refractivity contribution in [3.8, 4) is 0 Å². The Hall–Kier alpha value is -1.51. The number of rotatable bonds is 1. The first-order valence-electron chi connectivity index (χ1n) is 7.13. The fourth-order valence-corrected chi connectivity index (χ4v) is 2.67. The van der Waals surface area contributed by atoms with Gasteiger partial charge in [-0.1, -0.05) is 0 Å². The van der Waals surface area contributed by atoms with Gasteiger partial charge in [-0.05, 0) is 44.7 Å². The molecule has 128 valence electrons. The highest BCUT2D eigenvalue weighted by Crippen LogP contribution is 2.38. The van der Waals surface area contributed by atoms with Gasteiger partial charge in [0.1, 0.15) is 0 Å². The summed E-state index contributed by atoms with van der Waals surface area (Å²) < 4.78 is 36.8. The zero-order valence-electron chi connectivity index (χ0n) is 12.4. The van der Waals surface area contributed by atoms with E-state index in [0.29, 0.717) is 12.0 Å². The van der Waals surface area contributed by atoms with Gasteiger partial charge >= 0.3 is 18.2 Å². The second-order valence-electron chi connectivity index (χ2n) is 5.42. The molecule has 2 saturated heterocycles. The van der Waals surface area contributed by atoms with Gasteiger partial charge in [-0.25, -0.2) is 9.59 Å². The average molecular weight is 326 g/mol. The van der Waals surface area contributed by atoms with E-state index in [0.717, 1.165) is 32.6 Å². The maximum atomic E-state index is 11.6. The highest BCUT2D eigenvalue weighted by molar-refractivity contribution is 5.73. The minimum absolute atomic E-state index is 0.132. The SMILES string of the molecule is CCOC(=O)N1CCC2(CCNCC2)C1.O=C(O)C(F)(F)F. The summed E-state index contributed by atoms with van der Waals surface area (Å²) in [6.07, 6.45) is -1.67. The number of carboxylic acids is 1. The largest absolute Gasteiger partial charge is 0.490 e. The van der Waals surface area contributed by atoms with E-state index >= 15 is 0 Å². The number of ether oxygens (including phenoxy) is 1. The van der Waals surface area contributed by atoms with Gasteiger partial charge in [0.15, 0.2) is 0 Å². The fraction of sp³-hybridized carbons (Fsp3) is 0.846. The normalized spacial score (nSPS) is 20.3.